The highest BCUT2D eigenvalue weighted by molar-refractivity contribution is 7.16. The standard InChI is InChI=1S/C8H10N4OS/c1-10-7(13)12-8-11-5-6(14-8)3-2-4-9/h5H,4,9H2,1H3,(H2,10,11,12,13). The van der Waals surface area contributed by atoms with Crippen LogP contribution in [-0.4, -0.2) is 24.6 Å². The summed E-state index contributed by atoms with van der Waals surface area (Å²) in [7, 11) is 1.54. The molecule has 0 aliphatic rings. The summed E-state index contributed by atoms with van der Waals surface area (Å²) in [6, 6.07) is -0.294. The van der Waals surface area contributed by atoms with Gasteiger partial charge in [0.25, 0.3) is 0 Å². The quantitative estimate of drug-likeness (QED) is 0.579. The molecule has 1 aromatic rings. The maximum Gasteiger partial charge on any atom is 0.320 e. The van der Waals surface area contributed by atoms with E-state index in [-0.39, 0.29) is 6.03 Å². The zero-order valence-electron chi connectivity index (χ0n) is 7.63. The summed E-state index contributed by atoms with van der Waals surface area (Å²) in [5, 5.41) is 5.49. The van der Waals surface area contributed by atoms with Gasteiger partial charge in [0.15, 0.2) is 5.13 Å². The van der Waals surface area contributed by atoms with E-state index >= 15 is 0 Å². The number of rotatable bonds is 1. The minimum atomic E-state index is -0.294. The Bertz CT molecular complexity index is 376. The van der Waals surface area contributed by atoms with Crippen molar-refractivity contribution in [3.8, 4) is 11.8 Å². The maximum absolute atomic E-state index is 10.9. The van der Waals surface area contributed by atoms with Crippen molar-refractivity contribution in [2.75, 3.05) is 18.9 Å². The van der Waals surface area contributed by atoms with Crippen LogP contribution in [0.3, 0.4) is 0 Å². The molecule has 14 heavy (non-hydrogen) atoms. The molecule has 1 aromatic heterocycles. The van der Waals surface area contributed by atoms with Gasteiger partial charge in [0.2, 0.25) is 0 Å². The molecule has 0 unspecified atom stereocenters. The van der Waals surface area contributed by atoms with Crippen LogP contribution in [0.1, 0.15) is 4.88 Å². The monoisotopic (exact) mass is 210 g/mol. The second kappa shape index (κ2) is 5.21. The molecule has 0 aromatic carbocycles. The highest BCUT2D eigenvalue weighted by Crippen LogP contribution is 2.16. The summed E-state index contributed by atoms with van der Waals surface area (Å²) in [6.45, 7) is 0.316. The van der Waals surface area contributed by atoms with Crippen LogP contribution in [0.4, 0.5) is 9.93 Å². The van der Waals surface area contributed by atoms with E-state index in [0.717, 1.165) is 4.88 Å². The van der Waals surface area contributed by atoms with E-state index in [0.29, 0.717) is 11.7 Å². The molecule has 5 nitrogen and oxygen atoms in total. The molecule has 0 aliphatic heterocycles. The minimum absolute atomic E-state index is 0.294. The Morgan fingerprint density at radius 3 is 3.21 bits per heavy atom. The molecule has 0 spiro atoms. The molecule has 1 heterocycles. The highest BCUT2D eigenvalue weighted by Gasteiger charge is 2.02. The Balaban J connectivity index is 2.64. The van der Waals surface area contributed by atoms with Crippen LogP contribution < -0.4 is 16.4 Å². The number of hydrogen-bond donors (Lipinski definition) is 3. The van der Waals surface area contributed by atoms with Gasteiger partial charge in [-0.2, -0.15) is 0 Å². The Morgan fingerprint density at radius 2 is 2.57 bits per heavy atom. The fourth-order valence-corrected chi connectivity index (χ4v) is 1.37. The Kier molecular flexibility index (Phi) is 3.91. The van der Waals surface area contributed by atoms with E-state index in [2.05, 4.69) is 27.5 Å². The van der Waals surface area contributed by atoms with Crippen molar-refractivity contribution in [3.63, 3.8) is 0 Å². The van der Waals surface area contributed by atoms with Gasteiger partial charge in [-0.3, -0.25) is 5.32 Å². The van der Waals surface area contributed by atoms with E-state index in [9.17, 15) is 4.79 Å². The number of hydrogen-bond acceptors (Lipinski definition) is 4. The number of thiazole rings is 1. The minimum Gasteiger partial charge on any atom is -0.341 e. The van der Waals surface area contributed by atoms with Crippen molar-refractivity contribution in [1.82, 2.24) is 10.3 Å². The molecule has 74 valence electrons. The highest BCUT2D eigenvalue weighted by atomic mass is 32.1. The molecular formula is C8H10N4OS. The van der Waals surface area contributed by atoms with Crippen LogP contribution in [-0.2, 0) is 0 Å². The van der Waals surface area contributed by atoms with E-state index in [1.165, 1.54) is 18.4 Å². The first kappa shape index (κ1) is 10.5. The molecule has 0 saturated carbocycles. The van der Waals surface area contributed by atoms with E-state index in [1.54, 1.807) is 6.20 Å². The molecule has 0 saturated heterocycles. The zero-order valence-corrected chi connectivity index (χ0v) is 8.44. The lowest BCUT2D eigenvalue weighted by Gasteiger charge is -1.97. The van der Waals surface area contributed by atoms with Crippen LogP contribution in [0.15, 0.2) is 6.20 Å². The summed E-state index contributed by atoms with van der Waals surface area (Å²) in [6.07, 6.45) is 1.60. The van der Waals surface area contributed by atoms with Crippen LogP contribution in [0.5, 0.6) is 0 Å². The van der Waals surface area contributed by atoms with E-state index in [4.69, 9.17) is 5.73 Å². The van der Waals surface area contributed by atoms with Crippen molar-refractivity contribution in [1.29, 1.82) is 0 Å². The van der Waals surface area contributed by atoms with Crippen molar-refractivity contribution in [3.05, 3.63) is 11.1 Å². The average Bonchev–Trinajstić information content (AvgIpc) is 2.62. The fourth-order valence-electron chi connectivity index (χ4n) is 0.687. The molecule has 0 fully saturated rings. The Hall–Kier alpha value is -1.58. The predicted molar refractivity (Wildman–Crippen MR) is 56.1 cm³/mol. The average molecular weight is 210 g/mol. The molecule has 0 aliphatic carbocycles. The van der Waals surface area contributed by atoms with Crippen LogP contribution in [0.25, 0.3) is 0 Å². The number of urea groups is 1. The molecule has 2 amide bonds. The summed E-state index contributed by atoms with van der Waals surface area (Å²) in [5.41, 5.74) is 5.22. The number of nitrogens with one attached hydrogen (secondary N) is 2. The smallest absolute Gasteiger partial charge is 0.320 e. The summed E-state index contributed by atoms with van der Waals surface area (Å²) < 4.78 is 0. The van der Waals surface area contributed by atoms with Gasteiger partial charge in [0.05, 0.1) is 17.6 Å². The van der Waals surface area contributed by atoms with Gasteiger partial charge in [-0.05, 0) is 0 Å². The normalized spacial score (nSPS) is 8.71. The zero-order chi connectivity index (χ0) is 10.4. The number of anilines is 1. The van der Waals surface area contributed by atoms with Crippen molar-refractivity contribution in [2.24, 2.45) is 5.73 Å². The molecular weight excluding hydrogens is 200 g/mol. The first-order valence-corrected chi connectivity index (χ1v) is 4.71. The van der Waals surface area contributed by atoms with Crippen molar-refractivity contribution < 1.29 is 4.79 Å². The van der Waals surface area contributed by atoms with Crippen molar-refractivity contribution in [2.45, 2.75) is 0 Å². The fraction of sp³-hybridized carbons (Fsp3) is 0.250. The van der Waals surface area contributed by atoms with Crippen LogP contribution in [0.2, 0.25) is 0 Å². The second-order valence-electron chi connectivity index (χ2n) is 2.24. The van der Waals surface area contributed by atoms with Crippen LogP contribution >= 0.6 is 11.3 Å². The number of aromatic nitrogens is 1. The van der Waals surface area contributed by atoms with Crippen molar-refractivity contribution >= 4 is 22.5 Å². The third-order valence-corrected chi connectivity index (χ3v) is 2.10. The van der Waals surface area contributed by atoms with Gasteiger partial charge in [0.1, 0.15) is 0 Å². The Labute approximate surface area is 85.7 Å². The maximum atomic E-state index is 10.9. The first-order chi connectivity index (χ1) is 6.76. The van der Waals surface area contributed by atoms with Gasteiger partial charge >= 0.3 is 6.03 Å². The van der Waals surface area contributed by atoms with Gasteiger partial charge in [-0.25, -0.2) is 9.78 Å². The van der Waals surface area contributed by atoms with Gasteiger partial charge in [0, 0.05) is 7.05 Å². The lowest BCUT2D eigenvalue weighted by Crippen LogP contribution is -2.24. The summed E-state index contributed by atoms with van der Waals surface area (Å²) in [5.74, 6) is 5.53. The Morgan fingerprint density at radius 1 is 1.79 bits per heavy atom. The number of carbonyl (C=O) groups is 1. The molecule has 6 heteroatoms. The number of amides is 2. The largest absolute Gasteiger partial charge is 0.341 e. The first-order valence-electron chi connectivity index (χ1n) is 3.89. The SMILES string of the molecule is CNC(=O)Nc1ncc(C#CCN)s1. The molecule has 0 atom stereocenters. The molecule has 0 radical (unpaired) electrons. The molecule has 1 rings (SSSR count). The lowest BCUT2D eigenvalue weighted by atomic mass is 10.5. The number of nitrogens with two attached hydrogens (primary N) is 1. The second-order valence-corrected chi connectivity index (χ2v) is 3.27. The van der Waals surface area contributed by atoms with E-state index < -0.39 is 0 Å². The van der Waals surface area contributed by atoms with Gasteiger partial charge in [-0.15, -0.1) is 0 Å². The third kappa shape index (κ3) is 3.05. The summed E-state index contributed by atoms with van der Waals surface area (Å²) in [4.78, 5) is 15.6. The topological polar surface area (TPSA) is 80.0 Å². The third-order valence-electron chi connectivity index (χ3n) is 1.27. The van der Waals surface area contributed by atoms with E-state index in [1.807, 2.05) is 0 Å². The molecule has 0 bridgehead atoms. The van der Waals surface area contributed by atoms with Gasteiger partial charge < -0.3 is 11.1 Å². The summed E-state index contributed by atoms with van der Waals surface area (Å²) >= 11 is 1.30. The lowest BCUT2D eigenvalue weighted by molar-refractivity contribution is 0.254. The predicted octanol–water partition coefficient (Wildman–Crippen LogP) is 0.205. The van der Waals surface area contributed by atoms with Gasteiger partial charge in [-0.1, -0.05) is 23.2 Å². The number of nitrogens with zero attached hydrogens (tertiary/aromatic N) is 1. The molecule has 4 N–H and O–H groups in total. The number of carbonyl (C=O) groups excluding carboxylic acids is 1. The van der Waals surface area contributed by atoms with Crippen LogP contribution in [0, 0.1) is 11.8 Å².